The zero-order chi connectivity index (χ0) is 12.7. The van der Waals surface area contributed by atoms with Crippen LogP contribution in [0.3, 0.4) is 0 Å². The Hall–Kier alpha value is -2.00. The van der Waals surface area contributed by atoms with Gasteiger partial charge in [-0.2, -0.15) is 0 Å². The van der Waals surface area contributed by atoms with E-state index < -0.39 is 0 Å². The molecule has 18 heavy (non-hydrogen) atoms. The molecule has 0 aliphatic heterocycles. The molecule has 0 N–H and O–H groups in total. The Bertz CT molecular complexity index is 736. The van der Waals surface area contributed by atoms with Crippen LogP contribution in [0.5, 0.6) is 0 Å². The van der Waals surface area contributed by atoms with Crippen LogP contribution in [0, 0.1) is 6.92 Å². The van der Waals surface area contributed by atoms with Crippen molar-refractivity contribution < 1.29 is 13.6 Å². The lowest BCUT2D eigenvalue weighted by Gasteiger charge is -1.91. The van der Waals surface area contributed by atoms with E-state index in [0.717, 1.165) is 5.39 Å². The maximum Gasteiger partial charge on any atom is 0.231 e. The second kappa shape index (κ2) is 4.03. The van der Waals surface area contributed by atoms with E-state index in [1.165, 1.54) is 6.26 Å². The number of aryl methyl sites for hydroxylation is 1. The van der Waals surface area contributed by atoms with E-state index in [-0.39, 0.29) is 11.5 Å². The first kappa shape index (κ1) is 11.1. The van der Waals surface area contributed by atoms with E-state index in [0.29, 0.717) is 21.9 Å². The molecule has 3 rings (SSSR count). The highest BCUT2D eigenvalue weighted by atomic mass is 35.5. The van der Waals surface area contributed by atoms with E-state index in [1.807, 2.05) is 12.1 Å². The van der Waals surface area contributed by atoms with Crippen molar-refractivity contribution in [2.45, 2.75) is 6.92 Å². The third kappa shape index (κ3) is 1.73. The molecule has 90 valence electrons. The van der Waals surface area contributed by atoms with E-state index in [2.05, 4.69) is 0 Å². The highest BCUT2D eigenvalue weighted by Gasteiger charge is 2.17. The van der Waals surface area contributed by atoms with Crippen molar-refractivity contribution in [2.24, 2.45) is 0 Å². The second-order valence-electron chi connectivity index (χ2n) is 4.04. The summed E-state index contributed by atoms with van der Waals surface area (Å²) in [4.78, 5) is 12.1. The van der Waals surface area contributed by atoms with Gasteiger partial charge in [-0.1, -0.05) is 23.7 Å². The molecule has 3 nitrogen and oxygen atoms in total. The first-order valence-corrected chi connectivity index (χ1v) is 5.81. The van der Waals surface area contributed by atoms with E-state index in [1.54, 1.807) is 25.1 Å². The highest BCUT2D eigenvalue weighted by molar-refractivity contribution is 6.35. The summed E-state index contributed by atoms with van der Waals surface area (Å²) in [5, 5.41) is 1.31. The molecule has 0 atom stereocenters. The van der Waals surface area contributed by atoms with E-state index in [4.69, 9.17) is 20.4 Å². The van der Waals surface area contributed by atoms with Gasteiger partial charge in [0, 0.05) is 5.39 Å². The minimum Gasteiger partial charge on any atom is -0.469 e. The van der Waals surface area contributed by atoms with Crippen molar-refractivity contribution in [3.05, 3.63) is 58.7 Å². The fourth-order valence-corrected chi connectivity index (χ4v) is 2.06. The number of rotatable bonds is 2. The maximum absolute atomic E-state index is 12.1. The number of carbonyl (C=O) groups excluding carboxylic acids is 1. The molecule has 0 saturated carbocycles. The minimum atomic E-state index is -0.209. The second-order valence-corrected chi connectivity index (χ2v) is 4.45. The molecular formula is C14H9ClO3. The van der Waals surface area contributed by atoms with Gasteiger partial charge in [0.1, 0.15) is 12.0 Å². The minimum absolute atomic E-state index is 0.209. The third-order valence-corrected chi connectivity index (χ3v) is 3.01. The number of hydrogen-bond donors (Lipinski definition) is 0. The Morgan fingerprint density at radius 3 is 2.78 bits per heavy atom. The fourth-order valence-electron chi connectivity index (χ4n) is 1.84. The van der Waals surface area contributed by atoms with Crippen LogP contribution in [-0.2, 0) is 0 Å². The number of benzene rings is 1. The maximum atomic E-state index is 12.1. The average molecular weight is 261 g/mol. The van der Waals surface area contributed by atoms with Gasteiger partial charge < -0.3 is 8.83 Å². The van der Waals surface area contributed by atoms with Crippen LogP contribution in [0.1, 0.15) is 21.9 Å². The SMILES string of the molecule is Cc1cc(C(=O)c2cc3cccc(Cl)c3o2)co1. The predicted molar refractivity (Wildman–Crippen MR) is 68.1 cm³/mol. The molecular weight excluding hydrogens is 252 g/mol. The number of hydrogen-bond acceptors (Lipinski definition) is 3. The van der Waals surface area contributed by atoms with Crippen LogP contribution >= 0.6 is 11.6 Å². The summed E-state index contributed by atoms with van der Waals surface area (Å²) in [5.74, 6) is 0.741. The topological polar surface area (TPSA) is 43.4 Å². The van der Waals surface area contributed by atoms with Crippen LogP contribution in [-0.4, -0.2) is 5.78 Å². The van der Waals surface area contributed by atoms with Crippen molar-refractivity contribution in [3.8, 4) is 0 Å². The van der Waals surface area contributed by atoms with E-state index >= 15 is 0 Å². The van der Waals surface area contributed by atoms with Crippen molar-refractivity contribution in [2.75, 3.05) is 0 Å². The van der Waals surface area contributed by atoms with Gasteiger partial charge >= 0.3 is 0 Å². The Morgan fingerprint density at radius 1 is 1.28 bits per heavy atom. The lowest BCUT2D eigenvalue weighted by molar-refractivity contribution is 0.101. The molecule has 0 bridgehead atoms. The summed E-state index contributed by atoms with van der Waals surface area (Å²) in [6.07, 6.45) is 1.42. The van der Waals surface area contributed by atoms with Crippen LogP contribution in [0.25, 0.3) is 11.0 Å². The van der Waals surface area contributed by atoms with Gasteiger partial charge in [0.05, 0.1) is 10.6 Å². The normalized spacial score (nSPS) is 11.0. The standard InChI is InChI=1S/C14H9ClO3/c1-8-5-10(7-17-8)13(16)12-6-9-3-2-4-11(15)14(9)18-12/h2-7H,1H3. The number of ketones is 1. The zero-order valence-corrected chi connectivity index (χ0v) is 10.3. The molecule has 4 heteroatoms. The fraction of sp³-hybridized carbons (Fsp3) is 0.0714. The summed E-state index contributed by atoms with van der Waals surface area (Å²) in [5.41, 5.74) is 1.01. The van der Waals surface area contributed by atoms with Crippen molar-refractivity contribution in [1.29, 1.82) is 0 Å². The number of fused-ring (bicyclic) bond motifs is 1. The van der Waals surface area contributed by atoms with Crippen molar-refractivity contribution in [3.63, 3.8) is 0 Å². The number of halogens is 1. The Morgan fingerprint density at radius 2 is 2.11 bits per heavy atom. The number of furan rings is 2. The van der Waals surface area contributed by atoms with Crippen molar-refractivity contribution in [1.82, 2.24) is 0 Å². The molecule has 0 radical (unpaired) electrons. The molecule has 0 amide bonds. The summed E-state index contributed by atoms with van der Waals surface area (Å²) in [6.45, 7) is 1.78. The van der Waals surface area contributed by atoms with Gasteiger partial charge in [-0.15, -0.1) is 0 Å². The lowest BCUT2D eigenvalue weighted by atomic mass is 10.1. The largest absolute Gasteiger partial charge is 0.469 e. The predicted octanol–water partition coefficient (Wildman–Crippen LogP) is 4.22. The smallest absolute Gasteiger partial charge is 0.231 e. The highest BCUT2D eigenvalue weighted by Crippen LogP contribution is 2.27. The van der Waals surface area contributed by atoms with Gasteiger partial charge in [0.15, 0.2) is 11.3 Å². The third-order valence-electron chi connectivity index (χ3n) is 2.71. The molecule has 1 aromatic carbocycles. The van der Waals surface area contributed by atoms with Gasteiger partial charge in [-0.05, 0) is 25.1 Å². The van der Waals surface area contributed by atoms with Crippen LogP contribution < -0.4 is 0 Å². The molecule has 2 heterocycles. The zero-order valence-electron chi connectivity index (χ0n) is 9.57. The summed E-state index contributed by atoms with van der Waals surface area (Å²) >= 11 is 6.00. The molecule has 0 aliphatic carbocycles. The quantitative estimate of drug-likeness (QED) is 0.648. The van der Waals surface area contributed by atoms with E-state index in [9.17, 15) is 4.79 Å². The molecule has 0 fully saturated rings. The molecule has 2 aromatic heterocycles. The van der Waals surface area contributed by atoms with Crippen LogP contribution in [0.2, 0.25) is 5.02 Å². The van der Waals surface area contributed by atoms with Crippen LogP contribution in [0.15, 0.2) is 45.4 Å². The molecule has 0 unspecified atom stereocenters. The van der Waals surface area contributed by atoms with Gasteiger partial charge in [0.25, 0.3) is 0 Å². The van der Waals surface area contributed by atoms with Gasteiger partial charge in [-0.25, -0.2) is 0 Å². The summed E-state index contributed by atoms with van der Waals surface area (Å²) < 4.78 is 10.6. The van der Waals surface area contributed by atoms with Gasteiger partial charge in [-0.3, -0.25) is 4.79 Å². The monoisotopic (exact) mass is 260 g/mol. The lowest BCUT2D eigenvalue weighted by Crippen LogP contribution is -1.96. The molecule has 3 aromatic rings. The summed E-state index contributed by atoms with van der Waals surface area (Å²) in [6, 6.07) is 8.76. The van der Waals surface area contributed by atoms with Crippen molar-refractivity contribution >= 4 is 28.4 Å². The number of carbonyl (C=O) groups is 1. The first-order valence-electron chi connectivity index (χ1n) is 5.43. The first-order chi connectivity index (χ1) is 8.65. The van der Waals surface area contributed by atoms with Crippen LogP contribution in [0.4, 0.5) is 0 Å². The summed E-state index contributed by atoms with van der Waals surface area (Å²) in [7, 11) is 0. The van der Waals surface area contributed by atoms with Gasteiger partial charge in [0.2, 0.25) is 5.78 Å². The average Bonchev–Trinajstić information content (AvgIpc) is 2.95. The Balaban J connectivity index is 2.10. The Labute approximate surface area is 108 Å². The molecule has 0 saturated heterocycles. The molecule has 0 aliphatic rings. The number of para-hydroxylation sites is 1. The molecule has 0 spiro atoms. The Kier molecular flexibility index (Phi) is 2.49.